The van der Waals surface area contributed by atoms with E-state index >= 15 is 0 Å². The number of aryl methyl sites for hydroxylation is 1. The summed E-state index contributed by atoms with van der Waals surface area (Å²) in [5.41, 5.74) is 2.16. The molecule has 1 amide bonds. The summed E-state index contributed by atoms with van der Waals surface area (Å²) < 4.78 is 10.9. The van der Waals surface area contributed by atoms with E-state index in [-0.39, 0.29) is 24.4 Å². The Kier molecular flexibility index (Phi) is 8.99. The number of benzene rings is 1. The number of hydrogen-bond donors (Lipinski definition) is 2. The van der Waals surface area contributed by atoms with Crippen molar-refractivity contribution in [2.24, 2.45) is 0 Å². The fourth-order valence-electron chi connectivity index (χ4n) is 2.54. The van der Waals surface area contributed by atoms with Gasteiger partial charge in [-0.2, -0.15) is 0 Å². The van der Waals surface area contributed by atoms with Gasteiger partial charge in [0.25, 0.3) is 0 Å². The quantitative estimate of drug-likeness (QED) is 0.711. The molecule has 0 aromatic heterocycles. The second-order valence-corrected chi connectivity index (χ2v) is 5.67. The van der Waals surface area contributed by atoms with E-state index in [1.54, 1.807) is 7.11 Å². The normalized spacial score (nSPS) is 16.7. The number of hydrogen-bond acceptors (Lipinski definition) is 4. The van der Waals surface area contributed by atoms with Crippen LogP contribution in [0.4, 0.5) is 0 Å². The summed E-state index contributed by atoms with van der Waals surface area (Å²) in [6, 6.07) is 6.03. The molecule has 1 aliphatic heterocycles. The lowest BCUT2D eigenvalue weighted by molar-refractivity contribution is -0.122. The summed E-state index contributed by atoms with van der Waals surface area (Å²) in [5.74, 6) is 0.916. The highest BCUT2D eigenvalue weighted by atomic mass is 35.5. The van der Waals surface area contributed by atoms with E-state index < -0.39 is 0 Å². The minimum Gasteiger partial charge on any atom is -0.493 e. The fraction of sp³-hybridized carbons (Fsp3) is 0.588. The smallest absolute Gasteiger partial charge is 0.237 e. The zero-order chi connectivity index (χ0) is 15.8. The average molecular weight is 343 g/mol. The molecule has 1 unspecified atom stereocenters. The zero-order valence-corrected chi connectivity index (χ0v) is 14.7. The van der Waals surface area contributed by atoms with Crippen LogP contribution >= 0.6 is 12.4 Å². The molecule has 23 heavy (non-hydrogen) atoms. The molecule has 1 atom stereocenters. The Morgan fingerprint density at radius 3 is 2.91 bits per heavy atom. The van der Waals surface area contributed by atoms with Gasteiger partial charge < -0.3 is 20.1 Å². The van der Waals surface area contributed by atoms with Crippen LogP contribution in [0.25, 0.3) is 0 Å². The molecule has 130 valence electrons. The van der Waals surface area contributed by atoms with Crippen molar-refractivity contribution < 1.29 is 14.3 Å². The molecule has 0 aliphatic carbocycles. The summed E-state index contributed by atoms with van der Waals surface area (Å²) in [5, 5.41) is 6.20. The molecule has 2 N–H and O–H groups in total. The lowest BCUT2D eigenvalue weighted by Crippen LogP contribution is -2.40. The van der Waals surface area contributed by atoms with Crippen LogP contribution in [0.5, 0.6) is 5.75 Å². The van der Waals surface area contributed by atoms with E-state index in [4.69, 9.17) is 9.47 Å². The number of ether oxygens (including phenoxy) is 2. The Balaban J connectivity index is 0.00000264. The minimum absolute atomic E-state index is 0. The standard InChI is InChI=1S/C17H26N2O3.ClH/c1-13-6-7-14(16(11-13)22-10-4-9-21-2)12-19-17(20)15-5-3-8-18-15;/h6-7,11,15,18H,3-5,8-10,12H2,1-2H3,(H,19,20);1H. The molecule has 1 fully saturated rings. The molecule has 0 bridgehead atoms. The van der Waals surface area contributed by atoms with Gasteiger partial charge in [0.2, 0.25) is 5.91 Å². The van der Waals surface area contributed by atoms with Crippen molar-refractivity contribution in [2.45, 2.75) is 38.8 Å². The number of nitrogens with one attached hydrogen (secondary N) is 2. The molecule has 0 radical (unpaired) electrons. The highest BCUT2D eigenvalue weighted by Crippen LogP contribution is 2.20. The molecule has 6 heteroatoms. The summed E-state index contributed by atoms with van der Waals surface area (Å²) in [4.78, 5) is 12.1. The van der Waals surface area contributed by atoms with Crippen molar-refractivity contribution in [3.63, 3.8) is 0 Å². The van der Waals surface area contributed by atoms with Crippen molar-refractivity contribution in [1.82, 2.24) is 10.6 Å². The Bertz CT molecular complexity index is 491. The Hall–Kier alpha value is -1.30. The lowest BCUT2D eigenvalue weighted by Gasteiger charge is -2.15. The minimum atomic E-state index is -0.0449. The van der Waals surface area contributed by atoms with Crippen LogP contribution < -0.4 is 15.4 Å². The second kappa shape index (κ2) is 10.5. The molecule has 1 aliphatic rings. The maximum atomic E-state index is 12.1. The van der Waals surface area contributed by atoms with E-state index in [0.29, 0.717) is 19.8 Å². The molecule has 1 aromatic carbocycles. The molecule has 5 nitrogen and oxygen atoms in total. The van der Waals surface area contributed by atoms with Gasteiger partial charge in [0.1, 0.15) is 5.75 Å². The molecule has 1 aromatic rings. The molecular formula is C17H27ClN2O3. The fourth-order valence-corrected chi connectivity index (χ4v) is 2.54. The first kappa shape index (κ1) is 19.7. The van der Waals surface area contributed by atoms with Crippen LogP contribution in [0, 0.1) is 6.92 Å². The first-order chi connectivity index (χ1) is 10.7. The summed E-state index contributed by atoms with van der Waals surface area (Å²) in [6.45, 7) is 4.76. The van der Waals surface area contributed by atoms with Crippen molar-refractivity contribution >= 4 is 18.3 Å². The van der Waals surface area contributed by atoms with Gasteiger partial charge in [0.15, 0.2) is 0 Å². The monoisotopic (exact) mass is 342 g/mol. The maximum Gasteiger partial charge on any atom is 0.237 e. The average Bonchev–Trinajstić information content (AvgIpc) is 3.05. The van der Waals surface area contributed by atoms with Gasteiger partial charge in [-0.1, -0.05) is 12.1 Å². The Morgan fingerprint density at radius 2 is 2.22 bits per heavy atom. The highest BCUT2D eigenvalue weighted by Gasteiger charge is 2.21. The topological polar surface area (TPSA) is 59.6 Å². The van der Waals surface area contributed by atoms with Gasteiger partial charge >= 0.3 is 0 Å². The van der Waals surface area contributed by atoms with Crippen LogP contribution in [0.1, 0.15) is 30.4 Å². The molecule has 0 spiro atoms. The zero-order valence-electron chi connectivity index (χ0n) is 13.9. The van der Waals surface area contributed by atoms with Crippen molar-refractivity contribution in [3.8, 4) is 5.75 Å². The Labute approximate surface area is 144 Å². The van der Waals surface area contributed by atoms with E-state index in [9.17, 15) is 4.79 Å². The number of methoxy groups -OCH3 is 1. The first-order valence-corrected chi connectivity index (χ1v) is 7.93. The predicted molar refractivity (Wildman–Crippen MR) is 93.3 cm³/mol. The third kappa shape index (κ3) is 6.37. The largest absolute Gasteiger partial charge is 0.493 e. The molecule has 2 rings (SSSR count). The summed E-state index contributed by atoms with van der Waals surface area (Å²) >= 11 is 0. The van der Waals surface area contributed by atoms with E-state index in [0.717, 1.165) is 42.7 Å². The number of carbonyl (C=O) groups excluding carboxylic acids is 1. The van der Waals surface area contributed by atoms with Crippen LogP contribution in [0.2, 0.25) is 0 Å². The van der Waals surface area contributed by atoms with E-state index in [1.165, 1.54) is 0 Å². The van der Waals surface area contributed by atoms with Crippen LogP contribution in [0.3, 0.4) is 0 Å². The van der Waals surface area contributed by atoms with Gasteiger partial charge in [-0.05, 0) is 37.9 Å². The molecular weight excluding hydrogens is 316 g/mol. The molecule has 1 saturated heterocycles. The van der Waals surface area contributed by atoms with Gasteiger partial charge in [0.05, 0.1) is 12.6 Å². The van der Waals surface area contributed by atoms with Crippen LogP contribution in [0.15, 0.2) is 18.2 Å². The van der Waals surface area contributed by atoms with Crippen molar-refractivity contribution in [1.29, 1.82) is 0 Å². The number of halogens is 1. The summed E-state index contributed by atoms with van der Waals surface area (Å²) in [7, 11) is 1.69. The SMILES string of the molecule is COCCCOc1cc(C)ccc1CNC(=O)C1CCCN1.Cl. The summed E-state index contributed by atoms with van der Waals surface area (Å²) in [6.07, 6.45) is 2.83. The van der Waals surface area contributed by atoms with E-state index in [2.05, 4.69) is 10.6 Å². The highest BCUT2D eigenvalue weighted by molar-refractivity contribution is 5.85. The van der Waals surface area contributed by atoms with Crippen LogP contribution in [-0.4, -0.2) is 38.8 Å². The second-order valence-electron chi connectivity index (χ2n) is 5.67. The number of rotatable bonds is 8. The van der Waals surface area contributed by atoms with Gasteiger partial charge in [0, 0.05) is 32.2 Å². The van der Waals surface area contributed by atoms with Crippen LogP contribution in [-0.2, 0) is 16.1 Å². The van der Waals surface area contributed by atoms with Gasteiger partial charge in [-0.25, -0.2) is 0 Å². The molecule has 1 heterocycles. The Morgan fingerprint density at radius 1 is 1.39 bits per heavy atom. The van der Waals surface area contributed by atoms with Gasteiger partial charge in [-0.3, -0.25) is 4.79 Å². The molecule has 0 saturated carbocycles. The predicted octanol–water partition coefficient (Wildman–Crippen LogP) is 2.20. The number of carbonyl (C=O) groups is 1. The van der Waals surface area contributed by atoms with E-state index in [1.807, 2.05) is 25.1 Å². The van der Waals surface area contributed by atoms with Crippen molar-refractivity contribution in [3.05, 3.63) is 29.3 Å². The van der Waals surface area contributed by atoms with Gasteiger partial charge in [-0.15, -0.1) is 12.4 Å². The third-order valence-electron chi connectivity index (χ3n) is 3.80. The lowest BCUT2D eigenvalue weighted by atomic mass is 10.1. The maximum absolute atomic E-state index is 12.1. The first-order valence-electron chi connectivity index (χ1n) is 7.93. The third-order valence-corrected chi connectivity index (χ3v) is 3.80. The van der Waals surface area contributed by atoms with Crippen molar-refractivity contribution in [2.75, 3.05) is 26.9 Å². The number of amides is 1.